The van der Waals surface area contributed by atoms with Gasteiger partial charge in [0.2, 0.25) is 0 Å². The van der Waals surface area contributed by atoms with Crippen molar-refractivity contribution in [3.63, 3.8) is 0 Å². The minimum atomic E-state index is 0.909. The van der Waals surface area contributed by atoms with E-state index in [0.29, 0.717) is 0 Å². The van der Waals surface area contributed by atoms with Crippen molar-refractivity contribution in [2.24, 2.45) is 0 Å². The van der Waals surface area contributed by atoms with Crippen LogP contribution in [0.5, 0.6) is 0 Å². The zero-order valence-corrected chi connectivity index (χ0v) is 27.7. The SMILES string of the molecule is c1ccc2c(-c3ccc(-c4c5ccccc5c(-c5ccc6oc7c8ccccc8c8ccccc8c7c6c5)c5ccccc45)cc3)cccc2c1. The first kappa shape index (κ1) is 28.2. The molecule has 0 amide bonds. The molecule has 0 spiro atoms. The molecule has 1 heteroatoms. The van der Waals surface area contributed by atoms with E-state index in [-0.39, 0.29) is 0 Å². The summed E-state index contributed by atoms with van der Waals surface area (Å²) in [6.45, 7) is 0. The summed E-state index contributed by atoms with van der Waals surface area (Å²) in [5.74, 6) is 0. The second-order valence-corrected chi connectivity index (χ2v) is 13.6. The second-order valence-electron chi connectivity index (χ2n) is 13.6. The van der Waals surface area contributed by atoms with Gasteiger partial charge in [0, 0.05) is 16.2 Å². The molecule has 1 nitrogen and oxygen atoms in total. The Morgan fingerprint density at radius 3 is 1.43 bits per heavy atom. The smallest absolute Gasteiger partial charge is 0.143 e. The summed E-state index contributed by atoms with van der Waals surface area (Å²) in [7, 11) is 0. The summed E-state index contributed by atoms with van der Waals surface area (Å²) >= 11 is 0. The van der Waals surface area contributed by atoms with Crippen molar-refractivity contribution < 1.29 is 4.42 Å². The molecule has 11 aromatic rings. The van der Waals surface area contributed by atoms with Gasteiger partial charge < -0.3 is 4.42 Å². The summed E-state index contributed by atoms with van der Waals surface area (Å²) in [5, 5.41) is 14.7. The molecule has 0 fully saturated rings. The van der Waals surface area contributed by atoms with E-state index in [1.54, 1.807) is 0 Å². The van der Waals surface area contributed by atoms with Gasteiger partial charge in [-0.15, -0.1) is 0 Å². The Kier molecular flexibility index (Phi) is 6.02. The lowest BCUT2D eigenvalue weighted by atomic mass is 9.85. The van der Waals surface area contributed by atoms with Crippen molar-refractivity contribution in [2.75, 3.05) is 0 Å². The highest BCUT2D eigenvalue weighted by molar-refractivity contribution is 6.31. The van der Waals surface area contributed by atoms with Crippen LogP contribution in [0.4, 0.5) is 0 Å². The molecule has 0 unspecified atom stereocenters. The molecule has 1 heterocycles. The van der Waals surface area contributed by atoms with E-state index in [9.17, 15) is 0 Å². The topological polar surface area (TPSA) is 13.1 Å². The fourth-order valence-electron chi connectivity index (χ4n) is 8.61. The lowest BCUT2D eigenvalue weighted by Crippen LogP contribution is -1.91. The summed E-state index contributed by atoms with van der Waals surface area (Å²) < 4.78 is 6.68. The monoisotopic (exact) mass is 646 g/mol. The van der Waals surface area contributed by atoms with Gasteiger partial charge >= 0.3 is 0 Å². The Hall–Kier alpha value is -6.70. The van der Waals surface area contributed by atoms with E-state index in [0.717, 1.165) is 21.9 Å². The second kappa shape index (κ2) is 10.9. The minimum absolute atomic E-state index is 0.909. The molecule has 1 aromatic heterocycles. The van der Waals surface area contributed by atoms with E-state index in [1.807, 2.05) is 0 Å². The molecule has 0 aliphatic carbocycles. The molecule has 0 bridgehead atoms. The average Bonchev–Trinajstić information content (AvgIpc) is 3.59. The van der Waals surface area contributed by atoms with Crippen molar-refractivity contribution in [1.29, 1.82) is 0 Å². The van der Waals surface area contributed by atoms with Gasteiger partial charge in [0.1, 0.15) is 11.2 Å². The van der Waals surface area contributed by atoms with E-state index < -0.39 is 0 Å². The summed E-state index contributed by atoms with van der Waals surface area (Å²) in [6, 6.07) is 66.2. The number of rotatable bonds is 3. The van der Waals surface area contributed by atoms with Crippen molar-refractivity contribution in [3.8, 4) is 33.4 Å². The fraction of sp³-hybridized carbons (Fsp3) is 0. The third-order valence-corrected chi connectivity index (χ3v) is 10.8. The van der Waals surface area contributed by atoms with E-state index >= 15 is 0 Å². The zero-order chi connectivity index (χ0) is 33.5. The van der Waals surface area contributed by atoms with Crippen LogP contribution in [0.15, 0.2) is 186 Å². The Morgan fingerprint density at radius 1 is 0.294 bits per heavy atom. The Morgan fingerprint density at radius 2 is 0.765 bits per heavy atom. The predicted octanol–water partition coefficient (Wildman–Crippen LogP) is 14.4. The van der Waals surface area contributed by atoms with E-state index in [2.05, 4.69) is 182 Å². The van der Waals surface area contributed by atoms with Crippen molar-refractivity contribution in [2.45, 2.75) is 0 Å². The number of furan rings is 1. The average molecular weight is 647 g/mol. The fourth-order valence-corrected chi connectivity index (χ4v) is 8.61. The van der Waals surface area contributed by atoms with Gasteiger partial charge in [-0.2, -0.15) is 0 Å². The highest BCUT2D eigenvalue weighted by atomic mass is 16.3. The van der Waals surface area contributed by atoms with Gasteiger partial charge in [-0.3, -0.25) is 0 Å². The molecule has 10 aromatic carbocycles. The van der Waals surface area contributed by atoms with Gasteiger partial charge in [0.25, 0.3) is 0 Å². The van der Waals surface area contributed by atoms with Gasteiger partial charge in [-0.1, -0.05) is 170 Å². The molecular formula is C50H30O. The normalized spacial score (nSPS) is 11.9. The van der Waals surface area contributed by atoms with Crippen LogP contribution < -0.4 is 0 Å². The minimum Gasteiger partial charge on any atom is -0.455 e. The largest absolute Gasteiger partial charge is 0.455 e. The molecular weight excluding hydrogens is 617 g/mol. The molecule has 0 aliphatic rings. The number of benzene rings is 10. The Bertz CT molecular complexity index is 3120. The maximum Gasteiger partial charge on any atom is 0.143 e. The lowest BCUT2D eigenvalue weighted by Gasteiger charge is -2.18. The van der Waals surface area contributed by atoms with Crippen LogP contribution in [-0.2, 0) is 0 Å². The molecule has 0 radical (unpaired) electrons. The van der Waals surface area contributed by atoms with Gasteiger partial charge in [-0.05, 0) is 94.0 Å². The zero-order valence-electron chi connectivity index (χ0n) is 27.7. The van der Waals surface area contributed by atoms with Crippen molar-refractivity contribution >= 4 is 75.8 Å². The Balaban J connectivity index is 1.15. The van der Waals surface area contributed by atoms with Crippen LogP contribution in [-0.4, -0.2) is 0 Å². The molecule has 0 saturated carbocycles. The molecule has 11 rings (SSSR count). The summed E-state index contributed by atoms with van der Waals surface area (Å²) in [5.41, 5.74) is 9.26. The highest BCUT2D eigenvalue weighted by Gasteiger charge is 2.20. The van der Waals surface area contributed by atoms with Crippen LogP contribution in [0.3, 0.4) is 0 Å². The van der Waals surface area contributed by atoms with Gasteiger partial charge in [-0.25, -0.2) is 0 Å². The quantitative estimate of drug-likeness (QED) is 0.138. The highest BCUT2D eigenvalue weighted by Crippen LogP contribution is 2.46. The van der Waals surface area contributed by atoms with E-state index in [4.69, 9.17) is 4.42 Å². The van der Waals surface area contributed by atoms with Crippen molar-refractivity contribution in [3.05, 3.63) is 182 Å². The summed E-state index contributed by atoms with van der Waals surface area (Å²) in [4.78, 5) is 0. The maximum absolute atomic E-state index is 6.68. The van der Waals surface area contributed by atoms with Crippen LogP contribution in [0.2, 0.25) is 0 Å². The standard InChI is InChI=1S/C50H30O/c1-2-14-35-31(12-1)13-11-23-36(35)32-24-26-33(27-25-32)47-40-18-6-8-20-42(40)48(43-21-9-7-19-41(43)47)34-28-29-46-45(30-34)49-39-17-5-3-15-37(39)38-16-4-10-22-44(38)50(49)51-46/h1-30H. The molecule has 0 saturated heterocycles. The third kappa shape index (κ3) is 4.16. The first-order chi connectivity index (χ1) is 25.3. The number of fused-ring (bicyclic) bond motifs is 11. The van der Waals surface area contributed by atoms with Crippen LogP contribution in [0.1, 0.15) is 0 Å². The molecule has 0 N–H and O–H groups in total. The lowest BCUT2D eigenvalue weighted by molar-refractivity contribution is 0.673. The predicted molar refractivity (Wildman–Crippen MR) is 218 cm³/mol. The van der Waals surface area contributed by atoms with Crippen molar-refractivity contribution in [1.82, 2.24) is 0 Å². The first-order valence-electron chi connectivity index (χ1n) is 17.6. The van der Waals surface area contributed by atoms with E-state index in [1.165, 1.54) is 87.2 Å². The van der Waals surface area contributed by atoms with Crippen LogP contribution >= 0.6 is 0 Å². The maximum atomic E-state index is 6.68. The molecule has 236 valence electrons. The van der Waals surface area contributed by atoms with Gasteiger partial charge in [0.15, 0.2) is 0 Å². The molecule has 0 atom stereocenters. The summed E-state index contributed by atoms with van der Waals surface area (Å²) in [6.07, 6.45) is 0. The Labute approximate surface area is 294 Å². The van der Waals surface area contributed by atoms with Crippen LogP contribution in [0.25, 0.3) is 109 Å². The molecule has 51 heavy (non-hydrogen) atoms. The first-order valence-corrected chi connectivity index (χ1v) is 17.6. The number of hydrogen-bond donors (Lipinski definition) is 0. The molecule has 0 aliphatic heterocycles. The number of hydrogen-bond acceptors (Lipinski definition) is 1. The third-order valence-electron chi connectivity index (χ3n) is 10.8. The van der Waals surface area contributed by atoms with Gasteiger partial charge in [0.05, 0.1) is 0 Å². The van der Waals surface area contributed by atoms with Crippen LogP contribution in [0, 0.1) is 0 Å².